The number of nitrogens with one attached hydrogen (secondary N) is 1. The number of hydrogen-bond acceptors (Lipinski definition) is 3. The highest BCUT2D eigenvalue weighted by Gasteiger charge is 2.50. The summed E-state index contributed by atoms with van der Waals surface area (Å²) >= 11 is 0. The zero-order valence-corrected chi connectivity index (χ0v) is 10.1. The van der Waals surface area contributed by atoms with E-state index in [1.165, 1.54) is 5.06 Å². The Morgan fingerprint density at radius 2 is 1.93 bits per heavy atom. The first-order chi connectivity index (χ1) is 6.32. The van der Waals surface area contributed by atoms with Crippen LogP contribution in [0.2, 0.25) is 0 Å². The molecular weight excluding hydrogens is 176 g/mol. The lowest BCUT2D eigenvalue weighted by molar-refractivity contribution is -0.196. The maximum absolute atomic E-state index is 10.1. The second-order valence-electron chi connectivity index (χ2n) is 5.49. The van der Waals surface area contributed by atoms with Crippen molar-refractivity contribution in [3.63, 3.8) is 0 Å². The molecule has 0 radical (unpaired) electrons. The molecule has 1 unspecified atom stereocenters. The molecule has 0 spiro atoms. The predicted molar refractivity (Wildman–Crippen MR) is 58.4 cm³/mol. The van der Waals surface area contributed by atoms with E-state index in [9.17, 15) is 5.21 Å². The highest BCUT2D eigenvalue weighted by atomic mass is 16.5. The summed E-state index contributed by atoms with van der Waals surface area (Å²) in [5.41, 5.74) is -0.213. The lowest BCUT2D eigenvalue weighted by atomic mass is 9.87. The summed E-state index contributed by atoms with van der Waals surface area (Å²) in [6.07, 6.45) is 1.05. The van der Waals surface area contributed by atoms with Gasteiger partial charge in [0.25, 0.3) is 0 Å². The monoisotopic (exact) mass is 200 g/mol. The lowest BCUT2D eigenvalue weighted by Gasteiger charge is -2.36. The quantitative estimate of drug-likeness (QED) is 0.730. The Morgan fingerprint density at radius 1 is 1.36 bits per heavy atom. The molecule has 14 heavy (non-hydrogen) atoms. The molecule has 3 heteroatoms. The van der Waals surface area contributed by atoms with Crippen molar-refractivity contribution in [1.82, 2.24) is 10.4 Å². The summed E-state index contributed by atoms with van der Waals surface area (Å²) in [6.45, 7) is 12.5. The molecule has 1 rings (SSSR count). The normalized spacial score (nSPS) is 30.9. The molecule has 1 atom stereocenters. The minimum Gasteiger partial charge on any atom is -0.317 e. The van der Waals surface area contributed by atoms with Gasteiger partial charge in [-0.2, -0.15) is 5.06 Å². The van der Waals surface area contributed by atoms with Gasteiger partial charge >= 0.3 is 0 Å². The van der Waals surface area contributed by atoms with Gasteiger partial charge in [-0.15, -0.1) is 0 Å². The van der Waals surface area contributed by atoms with Gasteiger partial charge in [0.15, 0.2) is 0 Å². The van der Waals surface area contributed by atoms with Gasteiger partial charge in [0.2, 0.25) is 0 Å². The molecule has 0 amide bonds. The van der Waals surface area contributed by atoms with E-state index in [0.717, 1.165) is 19.5 Å². The summed E-state index contributed by atoms with van der Waals surface area (Å²) in [5, 5.41) is 15.0. The van der Waals surface area contributed by atoms with Gasteiger partial charge in [0.05, 0.1) is 0 Å². The molecule has 84 valence electrons. The van der Waals surface area contributed by atoms with Gasteiger partial charge in [-0.05, 0) is 53.1 Å². The first-order valence-corrected chi connectivity index (χ1v) is 5.52. The third-order valence-electron chi connectivity index (χ3n) is 3.51. The average Bonchev–Trinajstić information content (AvgIpc) is 2.23. The summed E-state index contributed by atoms with van der Waals surface area (Å²) < 4.78 is 0. The molecule has 2 N–H and O–H groups in total. The second kappa shape index (κ2) is 3.80. The van der Waals surface area contributed by atoms with Crippen molar-refractivity contribution in [2.24, 2.45) is 5.92 Å². The van der Waals surface area contributed by atoms with Crippen molar-refractivity contribution in [3.8, 4) is 0 Å². The van der Waals surface area contributed by atoms with Crippen LogP contribution in [0.3, 0.4) is 0 Å². The van der Waals surface area contributed by atoms with Crippen LogP contribution in [0, 0.1) is 5.92 Å². The van der Waals surface area contributed by atoms with Gasteiger partial charge in [0, 0.05) is 11.1 Å². The topological polar surface area (TPSA) is 35.5 Å². The van der Waals surface area contributed by atoms with E-state index in [-0.39, 0.29) is 11.1 Å². The fourth-order valence-corrected chi connectivity index (χ4v) is 2.53. The maximum Gasteiger partial charge on any atom is 0.0451 e. The molecule has 0 aromatic carbocycles. The van der Waals surface area contributed by atoms with Crippen molar-refractivity contribution >= 4 is 0 Å². The minimum atomic E-state index is -0.119. The lowest BCUT2D eigenvalue weighted by Crippen LogP contribution is -2.48. The van der Waals surface area contributed by atoms with Crippen molar-refractivity contribution in [2.45, 2.75) is 52.1 Å². The summed E-state index contributed by atoms with van der Waals surface area (Å²) in [6, 6.07) is 0. The molecule has 1 aliphatic heterocycles. The summed E-state index contributed by atoms with van der Waals surface area (Å²) in [4.78, 5) is 0. The van der Waals surface area contributed by atoms with Gasteiger partial charge in [0.1, 0.15) is 0 Å². The predicted octanol–water partition coefficient (Wildman–Crippen LogP) is 1.86. The molecule has 0 aromatic heterocycles. The number of hydroxylamine groups is 2. The largest absolute Gasteiger partial charge is 0.317 e. The molecule has 0 aromatic rings. The van der Waals surface area contributed by atoms with E-state index in [1.54, 1.807) is 0 Å². The van der Waals surface area contributed by atoms with Crippen molar-refractivity contribution in [1.29, 1.82) is 0 Å². The van der Waals surface area contributed by atoms with Crippen LogP contribution < -0.4 is 5.32 Å². The van der Waals surface area contributed by atoms with Crippen LogP contribution in [0.1, 0.15) is 41.0 Å². The van der Waals surface area contributed by atoms with Crippen LogP contribution in [0.15, 0.2) is 0 Å². The highest BCUT2D eigenvalue weighted by molar-refractivity contribution is 5.02. The summed E-state index contributed by atoms with van der Waals surface area (Å²) in [7, 11) is 0. The van der Waals surface area contributed by atoms with E-state index in [1.807, 2.05) is 0 Å². The Bertz CT molecular complexity index is 201. The molecule has 1 heterocycles. The van der Waals surface area contributed by atoms with E-state index in [0.29, 0.717) is 5.92 Å². The third-order valence-corrected chi connectivity index (χ3v) is 3.51. The minimum absolute atomic E-state index is 0.0937. The second-order valence-corrected chi connectivity index (χ2v) is 5.49. The Hall–Kier alpha value is -0.120. The standard InChI is InChI=1S/C11H24N2O/c1-6-12-8-9-7-10(2,3)13(14)11(9,4)5/h9,12,14H,6-8H2,1-5H3. The Morgan fingerprint density at radius 3 is 2.29 bits per heavy atom. The zero-order chi connectivity index (χ0) is 11.0. The Balaban J connectivity index is 2.70. The molecular formula is C11H24N2O. The Kier molecular flexibility index (Phi) is 3.24. The average molecular weight is 200 g/mol. The smallest absolute Gasteiger partial charge is 0.0451 e. The molecule has 3 nitrogen and oxygen atoms in total. The third kappa shape index (κ3) is 1.95. The maximum atomic E-state index is 10.1. The van der Waals surface area contributed by atoms with Crippen LogP contribution in [0.25, 0.3) is 0 Å². The van der Waals surface area contributed by atoms with Crippen LogP contribution in [-0.4, -0.2) is 34.4 Å². The Labute approximate surface area is 87.4 Å². The van der Waals surface area contributed by atoms with E-state index in [2.05, 4.69) is 39.9 Å². The zero-order valence-electron chi connectivity index (χ0n) is 10.1. The number of nitrogens with zero attached hydrogens (tertiary/aromatic N) is 1. The molecule has 1 saturated heterocycles. The molecule has 0 aliphatic carbocycles. The SMILES string of the molecule is CCNCC1CC(C)(C)N(O)C1(C)C. The first-order valence-electron chi connectivity index (χ1n) is 5.52. The van der Waals surface area contributed by atoms with Gasteiger partial charge < -0.3 is 10.5 Å². The van der Waals surface area contributed by atoms with E-state index in [4.69, 9.17) is 0 Å². The molecule has 1 fully saturated rings. The van der Waals surface area contributed by atoms with Crippen molar-refractivity contribution in [3.05, 3.63) is 0 Å². The van der Waals surface area contributed by atoms with E-state index < -0.39 is 0 Å². The van der Waals surface area contributed by atoms with Crippen LogP contribution >= 0.6 is 0 Å². The molecule has 1 aliphatic rings. The van der Waals surface area contributed by atoms with Crippen molar-refractivity contribution < 1.29 is 5.21 Å². The highest BCUT2D eigenvalue weighted by Crippen LogP contribution is 2.42. The molecule has 0 bridgehead atoms. The fourth-order valence-electron chi connectivity index (χ4n) is 2.53. The van der Waals surface area contributed by atoms with Gasteiger partial charge in [-0.25, -0.2) is 0 Å². The summed E-state index contributed by atoms with van der Waals surface area (Å²) in [5.74, 6) is 0.516. The van der Waals surface area contributed by atoms with Crippen LogP contribution in [-0.2, 0) is 0 Å². The number of hydrogen-bond donors (Lipinski definition) is 2. The van der Waals surface area contributed by atoms with Gasteiger partial charge in [-0.3, -0.25) is 0 Å². The number of rotatable bonds is 3. The van der Waals surface area contributed by atoms with E-state index >= 15 is 0 Å². The fraction of sp³-hybridized carbons (Fsp3) is 1.00. The van der Waals surface area contributed by atoms with Crippen molar-refractivity contribution in [2.75, 3.05) is 13.1 Å². The molecule has 0 saturated carbocycles. The first kappa shape index (κ1) is 12.0. The van der Waals surface area contributed by atoms with Gasteiger partial charge in [-0.1, -0.05) is 6.92 Å². The van der Waals surface area contributed by atoms with Crippen LogP contribution in [0.5, 0.6) is 0 Å². The van der Waals surface area contributed by atoms with Crippen LogP contribution in [0.4, 0.5) is 0 Å².